The van der Waals surface area contributed by atoms with Crippen molar-refractivity contribution in [2.24, 2.45) is 0 Å². The third-order valence-corrected chi connectivity index (χ3v) is 6.18. The topological polar surface area (TPSA) is 27.8 Å². The number of nitrogens with one attached hydrogen (secondary N) is 2. The molecule has 124 valence electrons. The number of aromatic nitrogens is 1. The molecule has 0 saturated carbocycles. The summed E-state index contributed by atoms with van der Waals surface area (Å²) >= 11 is 2.03. The van der Waals surface area contributed by atoms with Crippen molar-refractivity contribution in [2.45, 2.75) is 11.7 Å². The first-order chi connectivity index (χ1) is 12.3. The van der Waals surface area contributed by atoms with Gasteiger partial charge in [0.15, 0.2) is 0 Å². The zero-order valence-corrected chi connectivity index (χ0v) is 14.8. The summed E-state index contributed by atoms with van der Waals surface area (Å²) in [4.78, 5) is 3.58. The van der Waals surface area contributed by atoms with Crippen molar-refractivity contribution in [1.82, 2.24) is 10.3 Å². The fourth-order valence-electron chi connectivity index (χ4n) is 3.67. The molecule has 0 radical (unpaired) electrons. The summed E-state index contributed by atoms with van der Waals surface area (Å²) < 4.78 is 0. The van der Waals surface area contributed by atoms with Crippen molar-refractivity contribution in [1.29, 1.82) is 0 Å². The van der Waals surface area contributed by atoms with Crippen LogP contribution in [0.5, 0.6) is 0 Å². The first-order valence-electron chi connectivity index (χ1n) is 8.78. The molecule has 1 saturated heterocycles. The Kier molecular flexibility index (Phi) is 3.76. The highest BCUT2D eigenvalue weighted by Gasteiger charge is 2.15. The number of rotatable bonds is 3. The molecule has 1 atom stereocenters. The van der Waals surface area contributed by atoms with E-state index in [-0.39, 0.29) is 0 Å². The maximum atomic E-state index is 3.58. The second kappa shape index (κ2) is 6.25. The summed E-state index contributed by atoms with van der Waals surface area (Å²) in [6, 6.07) is 24.3. The van der Waals surface area contributed by atoms with E-state index in [0.717, 1.165) is 18.8 Å². The minimum Gasteiger partial charge on any atom is -0.355 e. The predicted molar refractivity (Wildman–Crippen MR) is 109 cm³/mol. The Morgan fingerprint density at radius 2 is 1.80 bits per heavy atom. The van der Waals surface area contributed by atoms with Crippen LogP contribution in [0.3, 0.4) is 0 Å². The van der Waals surface area contributed by atoms with Crippen LogP contribution in [0.2, 0.25) is 0 Å². The third-order valence-electron chi connectivity index (χ3n) is 5.00. The molecular weight excluding hydrogens is 324 g/mol. The van der Waals surface area contributed by atoms with Gasteiger partial charge in [0.25, 0.3) is 0 Å². The molecule has 1 aromatic heterocycles. The third kappa shape index (κ3) is 2.94. The monoisotopic (exact) mass is 344 g/mol. The molecule has 1 aliphatic heterocycles. The van der Waals surface area contributed by atoms with E-state index in [1.165, 1.54) is 38.5 Å². The molecule has 3 heteroatoms. The molecule has 0 spiro atoms. The van der Waals surface area contributed by atoms with Crippen LogP contribution in [-0.2, 0) is 6.42 Å². The van der Waals surface area contributed by atoms with Gasteiger partial charge in [-0.1, -0.05) is 42.5 Å². The first kappa shape index (κ1) is 15.1. The van der Waals surface area contributed by atoms with E-state index < -0.39 is 0 Å². The maximum Gasteiger partial charge on any atom is 0.0465 e. The van der Waals surface area contributed by atoms with Gasteiger partial charge in [-0.05, 0) is 52.6 Å². The Morgan fingerprint density at radius 1 is 0.880 bits per heavy atom. The van der Waals surface area contributed by atoms with Gasteiger partial charge in [0.05, 0.1) is 0 Å². The van der Waals surface area contributed by atoms with Gasteiger partial charge in [-0.15, -0.1) is 11.8 Å². The van der Waals surface area contributed by atoms with E-state index in [0.29, 0.717) is 5.25 Å². The molecular formula is C22H20N2S. The molecule has 2 heterocycles. The van der Waals surface area contributed by atoms with E-state index >= 15 is 0 Å². The summed E-state index contributed by atoms with van der Waals surface area (Å²) in [5.74, 6) is 1.09. The van der Waals surface area contributed by atoms with Crippen LogP contribution in [0.25, 0.3) is 32.9 Å². The molecule has 25 heavy (non-hydrogen) atoms. The SMILES string of the molecule is c1ccc2cc(-c3cc4cc(CC5CNCS5)ccc4[nH]3)ccc2c1. The average Bonchev–Trinajstić information content (AvgIpc) is 3.30. The number of fused-ring (bicyclic) bond motifs is 2. The van der Waals surface area contributed by atoms with E-state index in [2.05, 4.69) is 77.0 Å². The number of aromatic amines is 1. The van der Waals surface area contributed by atoms with Crippen LogP contribution < -0.4 is 5.32 Å². The zero-order chi connectivity index (χ0) is 16.6. The number of thioether (sulfide) groups is 1. The van der Waals surface area contributed by atoms with Crippen LogP contribution in [0, 0.1) is 0 Å². The first-order valence-corrected chi connectivity index (χ1v) is 9.83. The van der Waals surface area contributed by atoms with Gasteiger partial charge in [-0.25, -0.2) is 0 Å². The van der Waals surface area contributed by atoms with Crippen molar-refractivity contribution in [2.75, 3.05) is 12.4 Å². The van der Waals surface area contributed by atoms with Crippen molar-refractivity contribution < 1.29 is 0 Å². The Labute approximate surface area is 151 Å². The lowest BCUT2D eigenvalue weighted by molar-refractivity contribution is 0.769. The van der Waals surface area contributed by atoms with Gasteiger partial charge in [0.1, 0.15) is 0 Å². The molecule has 4 aromatic rings. The zero-order valence-electron chi connectivity index (χ0n) is 14.0. The highest BCUT2D eigenvalue weighted by Crippen LogP contribution is 2.28. The smallest absolute Gasteiger partial charge is 0.0465 e. The van der Waals surface area contributed by atoms with E-state index in [1.54, 1.807) is 0 Å². The molecule has 2 N–H and O–H groups in total. The maximum absolute atomic E-state index is 3.58. The molecule has 0 aliphatic carbocycles. The number of benzene rings is 3. The van der Waals surface area contributed by atoms with Crippen molar-refractivity contribution in [3.8, 4) is 11.3 Å². The molecule has 2 nitrogen and oxygen atoms in total. The van der Waals surface area contributed by atoms with Crippen LogP contribution in [0.1, 0.15) is 5.56 Å². The van der Waals surface area contributed by atoms with Crippen molar-refractivity contribution in [3.63, 3.8) is 0 Å². The van der Waals surface area contributed by atoms with Crippen LogP contribution in [0.15, 0.2) is 66.7 Å². The van der Waals surface area contributed by atoms with Gasteiger partial charge in [-0.2, -0.15) is 0 Å². The number of hydrogen-bond donors (Lipinski definition) is 2. The summed E-state index contributed by atoms with van der Waals surface area (Å²) in [5, 5.41) is 8.00. The largest absolute Gasteiger partial charge is 0.355 e. The second-order valence-electron chi connectivity index (χ2n) is 6.76. The molecule has 0 bridgehead atoms. The highest BCUT2D eigenvalue weighted by molar-refractivity contribution is 8.00. The quantitative estimate of drug-likeness (QED) is 0.535. The fraction of sp³-hybridized carbons (Fsp3) is 0.182. The summed E-state index contributed by atoms with van der Waals surface area (Å²) in [7, 11) is 0. The summed E-state index contributed by atoms with van der Waals surface area (Å²) in [5.41, 5.74) is 5.07. The lowest BCUT2D eigenvalue weighted by atomic mass is 10.0. The second-order valence-corrected chi connectivity index (χ2v) is 8.05. The Balaban J connectivity index is 1.50. The average molecular weight is 344 g/mol. The number of hydrogen-bond acceptors (Lipinski definition) is 2. The van der Waals surface area contributed by atoms with Crippen molar-refractivity contribution >= 4 is 33.4 Å². The molecule has 1 aliphatic rings. The molecule has 0 amide bonds. The Morgan fingerprint density at radius 3 is 2.68 bits per heavy atom. The Bertz CT molecular complexity index is 1040. The van der Waals surface area contributed by atoms with E-state index in [9.17, 15) is 0 Å². The van der Waals surface area contributed by atoms with Gasteiger partial charge in [0.2, 0.25) is 0 Å². The fourth-order valence-corrected chi connectivity index (χ4v) is 4.69. The van der Waals surface area contributed by atoms with Crippen LogP contribution >= 0.6 is 11.8 Å². The van der Waals surface area contributed by atoms with E-state index in [4.69, 9.17) is 0 Å². The minimum atomic E-state index is 0.705. The van der Waals surface area contributed by atoms with Gasteiger partial charge in [-0.3, -0.25) is 0 Å². The lowest BCUT2D eigenvalue weighted by Crippen LogP contribution is -2.14. The molecule has 5 rings (SSSR count). The Hall–Kier alpha value is -2.23. The molecule has 3 aromatic carbocycles. The summed E-state index contributed by atoms with van der Waals surface area (Å²) in [6.07, 6.45) is 1.14. The standard InChI is InChI=1S/C22H20N2S/c1-2-4-17-11-18(7-6-16(17)3-1)22-12-19-9-15(5-8-21(19)24-22)10-20-13-23-14-25-20/h1-9,11-12,20,23-24H,10,13-14H2. The number of H-pyrrole nitrogens is 1. The van der Waals surface area contributed by atoms with Gasteiger partial charge < -0.3 is 10.3 Å². The predicted octanol–water partition coefficient (Wildman–Crippen LogP) is 5.19. The van der Waals surface area contributed by atoms with E-state index in [1.807, 2.05) is 11.8 Å². The lowest BCUT2D eigenvalue weighted by Gasteiger charge is -2.07. The van der Waals surface area contributed by atoms with Crippen LogP contribution in [-0.4, -0.2) is 22.7 Å². The van der Waals surface area contributed by atoms with Crippen molar-refractivity contribution in [3.05, 3.63) is 72.3 Å². The normalized spacial score (nSPS) is 17.5. The highest BCUT2D eigenvalue weighted by atomic mass is 32.2. The molecule has 1 fully saturated rings. The molecule has 1 unspecified atom stereocenters. The van der Waals surface area contributed by atoms with Gasteiger partial charge >= 0.3 is 0 Å². The van der Waals surface area contributed by atoms with Gasteiger partial charge in [0, 0.05) is 34.3 Å². The van der Waals surface area contributed by atoms with Crippen LogP contribution in [0.4, 0.5) is 0 Å². The summed E-state index contributed by atoms with van der Waals surface area (Å²) in [6.45, 7) is 1.12. The minimum absolute atomic E-state index is 0.705.